The molecule has 4 rings (SSSR count). The Kier molecular flexibility index (Phi) is 5.18. The van der Waals surface area contributed by atoms with Gasteiger partial charge in [-0.2, -0.15) is 0 Å². The molecule has 0 amide bonds. The summed E-state index contributed by atoms with van der Waals surface area (Å²) in [7, 11) is 0. The largest absolute Gasteiger partial charge is 0.355 e. The van der Waals surface area contributed by atoms with Crippen molar-refractivity contribution in [2.45, 2.75) is 57.3 Å². The van der Waals surface area contributed by atoms with Gasteiger partial charge in [-0.25, -0.2) is 4.98 Å². The summed E-state index contributed by atoms with van der Waals surface area (Å²) in [5, 5.41) is 1.70. The molecule has 0 unspecified atom stereocenters. The van der Waals surface area contributed by atoms with Gasteiger partial charge in [-0.15, -0.1) is 11.3 Å². The summed E-state index contributed by atoms with van der Waals surface area (Å²) in [5.74, 6) is 1.51. The fourth-order valence-corrected chi connectivity index (χ4v) is 6.15. The van der Waals surface area contributed by atoms with Crippen LogP contribution in [-0.2, 0) is 28.9 Å². The highest BCUT2D eigenvalue weighted by Crippen LogP contribution is 2.36. The Morgan fingerprint density at radius 1 is 1.40 bits per heavy atom. The van der Waals surface area contributed by atoms with Crippen molar-refractivity contribution in [2.24, 2.45) is 5.92 Å². The molecule has 0 spiro atoms. The number of ether oxygens (including phenoxy) is 2. The van der Waals surface area contributed by atoms with E-state index in [1.54, 1.807) is 23.1 Å². The second kappa shape index (κ2) is 7.39. The topological polar surface area (TPSA) is 53.4 Å². The number of hydrogen-bond acceptors (Lipinski definition) is 6. The smallest absolute Gasteiger partial charge is 0.263 e. The predicted molar refractivity (Wildman–Crippen MR) is 102 cm³/mol. The SMILES string of the molecule is CCn1c(SC[C@@H]2CCOCO2)nc2sc3c(c2c1=O)CC[C@@H](C)C3. The summed E-state index contributed by atoms with van der Waals surface area (Å²) in [6, 6.07) is 0. The Labute approximate surface area is 155 Å². The molecule has 2 atom stereocenters. The van der Waals surface area contributed by atoms with Gasteiger partial charge in [0.2, 0.25) is 0 Å². The molecule has 0 N–H and O–H groups in total. The highest BCUT2D eigenvalue weighted by Gasteiger charge is 2.25. The van der Waals surface area contributed by atoms with Crippen molar-refractivity contribution >= 4 is 33.3 Å². The molecule has 2 aliphatic rings. The van der Waals surface area contributed by atoms with Crippen molar-refractivity contribution in [3.05, 3.63) is 20.8 Å². The quantitative estimate of drug-likeness (QED) is 0.601. The van der Waals surface area contributed by atoms with E-state index in [9.17, 15) is 4.79 Å². The molecule has 7 heteroatoms. The maximum absolute atomic E-state index is 13.1. The molecule has 1 fully saturated rings. The van der Waals surface area contributed by atoms with Crippen LogP contribution in [0.5, 0.6) is 0 Å². The maximum atomic E-state index is 13.1. The minimum atomic E-state index is 0.134. The van der Waals surface area contributed by atoms with Gasteiger partial charge in [0, 0.05) is 17.2 Å². The lowest BCUT2D eigenvalue weighted by Gasteiger charge is -2.22. The van der Waals surface area contributed by atoms with E-state index in [0.717, 1.165) is 47.0 Å². The number of thioether (sulfide) groups is 1. The normalized spacial score (nSPS) is 23.8. The Morgan fingerprint density at radius 3 is 3.04 bits per heavy atom. The molecular formula is C18H24N2O3S2. The second-order valence-corrected chi connectivity index (χ2v) is 8.96. The summed E-state index contributed by atoms with van der Waals surface area (Å²) in [6.07, 6.45) is 4.34. The van der Waals surface area contributed by atoms with E-state index in [-0.39, 0.29) is 11.7 Å². The average Bonchev–Trinajstić information content (AvgIpc) is 2.98. The van der Waals surface area contributed by atoms with Crippen LogP contribution in [0.15, 0.2) is 9.95 Å². The van der Waals surface area contributed by atoms with Crippen LogP contribution < -0.4 is 5.56 Å². The molecule has 0 bridgehead atoms. The second-order valence-electron chi connectivity index (χ2n) is 6.89. The summed E-state index contributed by atoms with van der Waals surface area (Å²) < 4.78 is 12.7. The first-order valence-electron chi connectivity index (χ1n) is 9.04. The van der Waals surface area contributed by atoms with Gasteiger partial charge < -0.3 is 9.47 Å². The monoisotopic (exact) mass is 380 g/mol. The van der Waals surface area contributed by atoms with E-state index < -0.39 is 0 Å². The van der Waals surface area contributed by atoms with Gasteiger partial charge in [0.25, 0.3) is 5.56 Å². The van der Waals surface area contributed by atoms with Gasteiger partial charge in [-0.3, -0.25) is 9.36 Å². The molecule has 2 aromatic rings. The van der Waals surface area contributed by atoms with Gasteiger partial charge in [0.1, 0.15) is 11.6 Å². The highest BCUT2D eigenvalue weighted by atomic mass is 32.2. The molecule has 3 heterocycles. The van der Waals surface area contributed by atoms with E-state index in [4.69, 9.17) is 14.5 Å². The molecule has 2 aromatic heterocycles. The first kappa shape index (κ1) is 17.5. The third-order valence-corrected chi connectivity index (χ3v) is 7.32. The van der Waals surface area contributed by atoms with Gasteiger partial charge in [-0.1, -0.05) is 18.7 Å². The first-order valence-corrected chi connectivity index (χ1v) is 10.8. The Hall–Kier alpha value is -0.890. The molecule has 0 aromatic carbocycles. The van der Waals surface area contributed by atoms with E-state index >= 15 is 0 Å². The number of hydrogen-bond donors (Lipinski definition) is 0. The summed E-state index contributed by atoms with van der Waals surface area (Å²) in [6.45, 7) is 6.08. The first-order chi connectivity index (χ1) is 12.2. The number of aromatic nitrogens is 2. The van der Waals surface area contributed by atoms with Crippen molar-refractivity contribution in [3.8, 4) is 0 Å². The predicted octanol–water partition coefficient (Wildman–Crippen LogP) is 3.46. The molecule has 25 heavy (non-hydrogen) atoms. The molecule has 136 valence electrons. The molecule has 0 radical (unpaired) electrons. The number of thiophene rings is 1. The summed E-state index contributed by atoms with van der Waals surface area (Å²) in [5.41, 5.74) is 1.40. The Morgan fingerprint density at radius 2 is 2.28 bits per heavy atom. The maximum Gasteiger partial charge on any atom is 0.263 e. The Balaban J connectivity index is 1.68. The van der Waals surface area contributed by atoms with Gasteiger partial charge in [-0.05, 0) is 44.1 Å². The van der Waals surface area contributed by atoms with Crippen molar-refractivity contribution < 1.29 is 9.47 Å². The zero-order chi connectivity index (χ0) is 17.4. The lowest BCUT2D eigenvalue weighted by molar-refractivity contribution is -0.130. The van der Waals surface area contributed by atoms with E-state index in [1.807, 2.05) is 11.5 Å². The highest BCUT2D eigenvalue weighted by molar-refractivity contribution is 7.99. The minimum absolute atomic E-state index is 0.134. The van der Waals surface area contributed by atoms with Crippen molar-refractivity contribution in [1.29, 1.82) is 0 Å². The zero-order valence-electron chi connectivity index (χ0n) is 14.7. The van der Waals surface area contributed by atoms with E-state index in [0.29, 0.717) is 19.3 Å². The molecule has 1 aliphatic carbocycles. The van der Waals surface area contributed by atoms with Crippen molar-refractivity contribution in [3.63, 3.8) is 0 Å². The van der Waals surface area contributed by atoms with Crippen LogP contribution in [0.25, 0.3) is 10.2 Å². The van der Waals surface area contributed by atoms with Gasteiger partial charge in [0.15, 0.2) is 5.16 Å². The lowest BCUT2D eigenvalue weighted by Crippen LogP contribution is -2.27. The van der Waals surface area contributed by atoms with Gasteiger partial charge >= 0.3 is 0 Å². The molecule has 0 saturated carbocycles. The number of nitrogens with zero attached hydrogens (tertiary/aromatic N) is 2. The third kappa shape index (κ3) is 3.39. The lowest BCUT2D eigenvalue weighted by atomic mass is 9.89. The van der Waals surface area contributed by atoms with E-state index in [1.165, 1.54) is 16.9 Å². The van der Waals surface area contributed by atoms with E-state index in [2.05, 4.69) is 6.92 Å². The van der Waals surface area contributed by atoms with Gasteiger partial charge in [0.05, 0.1) is 18.1 Å². The van der Waals surface area contributed by atoms with Crippen LogP contribution >= 0.6 is 23.1 Å². The number of fused-ring (bicyclic) bond motifs is 3. The fourth-order valence-electron chi connectivity index (χ4n) is 3.59. The molecule has 1 saturated heterocycles. The van der Waals surface area contributed by atoms with Crippen LogP contribution in [0.1, 0.15) is 37.1 Å². The number of rotatable bonds is 4. The zero-order valence-corrected chi connectivity index (χ0v) is 16.4. The standard InChI is InChI=1S/C18H24N2O3S2/c1-3-20-17(21)15-13-5-4-11(2)8-14(13)25-16(15)19-18(20)24-9-12-6-7-22-10-23-12/h11-12H,3-10H2,1-2H3/t11-,12+/m1/s1. The molecular weight excluding hydrogens is 356 g/mol. The van der Waals surface area contributed by atoms with Crippen LogP contribution in [-0.4, -0.2) is 34.8 Å². The number of aryl methyl sites for hydroxylation is 1. The molecule has 5 nitrogen and oxygen atoms in total. The average molecular weight is 381 g/mol. The van der Waals surface area contributed by atoms with Crippen LogP contribution in [0.4, 0.5) is 0 Å². The van der Waals surface area contributed by atoms with Crippen LogP contribution in [0, 0.1) is 5.92 Å². The van der Waals surface area contributed by atoms with Crippen molar-refractivity contribution in [2.75, 3.05) is 19.2 Å². The molecule has 1 aliphatic heterocycles. The summed E-state index contributed by atoms with van der Waals surface area (Å²) >= 11 is 3.36. The third-order valence-electron chi connectivity index (χ3n) is 5.07. The van der Waals surface area contributed by atoms with Crippen LogP contribution in [0.3, 0.4) is 0 Å². The van der Waals surface area contributed by atoms with Crippen LogP contribution in [0.2, 0.25) is 0 Å². The Bertz CT molecular complexity index is 824. The van der Waals surface area contributed by atoms with Crippen molar-refractivity contribution in [1.82, 2.24) is 9.55 Å². The summed E-state index contributed by atoms with van der Waals surface area (Å²) in [4.78, 5) is 20.3. The fraction of sp³-hybridized carbons (Fsp3) is 0.667. The minimum Gasteiger partial charge on any atom is -0.355 e.